The van der Waals surface area contributed by atoms with Crippen molar-refractivity contribution in [3.63, 3.8) is 0 Å². The minimum Gasteiger partial charge on any atom is -0.458 e. The van der Waals surface area contributed by atoms with Gasteiger partial charge < -0.3 is 14.4 Å². The molecule has 1 atom stereocenters. The number of benzene rings is 1. The fourth-order valence-electron chi connectivity index (χ4n) is 4.13. The molecule has 6 nitrogen and oxygen atoms in total. The number of likely N-dealkylation sites (tertiary alicyclic amines) is 1. The van der Waals surface area contributed by atoms with Gasteiger partial charge in [-0.2, -0.15) is 0 Å². The van der Waals surface area contributed by atoms with Crippen LogP contribution in [0.4, 0.5) is 0 Å². The normalized spacial score (nSPS) is 21.9. The molecule has 2 fully saturated rings. The molecule has 0 N–H and O–H groups in total. The Labute approximate surface area is 169 Å². The van der Waals surface area contributed by atoms with Crippen molar-refractivity contribution in [3.05, 3.63) is 53.3 Å². The number of halogens is 1. The number of hydrogen-bond donors (Lipinski definition) is 0. The molecular weight excluding hydrogens is 378 g/mol. The van der Waals surface area contributed by atoms with Gasteiger partial charge in [-0.3, -0.25) is 4.79 Å². The van der Waals surface area contributed by atoms with E-state index in [1.54, 1.807) is 0 Å². The van der Waals surface area contributed by atoms with E-state index in [-0.39, 0.29) is 12.0 Å². The number of amides is 1. The molecule has 1 unspecified atom stereocenters. The first-order chi connectivity index (χ1) is 13.7. The second kappa shape index (κ2) is 8.45. The van der Waals surface area contributed by atoms with Crippen molar-refractivity contribution >= 4 is 17.5 Å². The molecule has 3 heterocycles. The lowest BCUT2D eigenvalue weighted by Crippen LogP contribution is -2.54. The van der Waals surface area contributed by atoms with Gasteiger partial charge in [-0.25, -0.2) is 9.97 Å². The third-order valence-electron chi connectivity index (χ3n) is 5.62. The van der Waals surface area contributed by atoms with Gasteiger partial charge in [0, 0.05) is 19.8 Å². The molecule has 2 saturated heterocycles. The summed E-state index contributed by atoms with van der Waals surface area (Å²) in [6.45, 7) is 2.50. The minimum absolute atomic E-state index is 0.119. The van der Waals surface area contributed by atoms with Crippen LogP contribution in [-0.4, -0.2) is 53.2 Å². The summed E-state index contributed by atoms with van der Waals surface area (Å²) >= 11 is 5.84. The molecule has 7 heteroatoms. The zero-order valence-electron chi connectivity index (χ0n) is 15.7. The van der Waals surface area contributed by atoms with Gasteiger partial charge >= 0.3 is 6.01 Å². The first-order valence-electron chi connectivity index (χ1n) is 9.74. The molecule has 2 aromatic rings. The largest absolute Gasteiger partial charge is 0.458 e. The van der Waals surface area contributed by atoms with Gasteiger partial charge in [-0.1, -0.05) is 41.9 Å². The molecule has 4 rings (SSSR count). The first kappa shape index (κ1) is 19.2. The molecule has 1 amide bonds. The SMILES string of the molecule is O=C(N1CCCC(Oc2ncc(Cl)cn2)C1)C1(c2ccccc2)CCOCC1. The van der Waals surface area contributed by atoms with Crippen LogP contribution in [0.25, 0.3) is 0 Å². The van der Waals surface area contributed by atoms with Gasteiger partial charge in [-0.15, -0.1) is 0 Å². The van der Waals surface area contributed by atoms with E-state index in [0.717, 1.165) is 24.9 Å². The van der Waals surface area contributed by atoms with Gasteiger partial charge in [0.15, 0.2) is 0 Å². The van der Waals surface area contributed by atoms with E-state index in [1.165, 1.54) is 12.4 Å². The fourth-order valence-corrected chi connectivity index (χ4v) is 4.23. The molecule has 0 bridgehead atoms. The molecule has 148 valence electrons. The Morgan fingerprint density at radius 2 is 1.89 bits per heavy atom. The molecule has 2 aliphatic heterocycles. The third kappa shape index (κ3) is 3.98. The Bertz CT molecular complexity index is 794. The van der Waals surface area contributed by atoms with Crippen molar-refractivity contribution in [1.29, 1.82) is 0 Å². The Balaban J connectivity index is 1.51. The number of aromatic nitrogens is 2. The summed E-state index contributed by atoms with van der Waals surface area (Å²) in [5, 5.41) is 0.470. The van der Waals surface area contributed by atoms with Crippen molar-refractivity contribution in [2.24, 2.45) is 0 Å². The van der Waals surface area contributed by atoms with Gasteiger partial charge in [0.1, 0.15) is 6.10 Å². The summed E-state index contributed by atoms with van der Waals surface area (Å²) in [5.41, 5.74) is 0.561. The Hall–Kier alpha value is -2.18. The van der Waals surface area contributed by atoms with E-state index in [9.17, 15) is 4.79 Å². The Morgan fingerprint density at radius 1 is 1.18 bits per heavy atom. The zero-order chi connectivity index (χ0) is 19.4. The van der Waals surface area contributed by atoms with E-state index in [4.69, 9.17) is 21.1 Å². The molecule has 2 aliphatic rings. The van der Waals surface area contributed by atoms with Crippen molar-refractivity contribution in [2.75, 3.05) is 26.3 Å². The molecule has 0 spiro atoms. The van der Waals surface area contributed by atoms with Gasteiger partial charge in [0.25, 0.3) is 0 Å². The molecule has 0 radical (unpaired) electrons. The minimum atomic E-state index is -0.516. The highest BCUT2D eigenvalue weighted by atomic mass is 35.5. The second-order valence-electron chi connectivity index (χ2n) is 7.38. The van der Waals surface area contributed by atoms with E-state index < -0.39 is 5.41 Å². The van der Waals surface area contributed by atoms with E-state index in [0.29, 0.717) is 43.6 Å². The van der Waals surface area contributed by atoms with Gasteiger partial charge in [0.2, 0.25) is 5.91 Å². The summed E-state index contributed by atoms with van der Waals surface area (Å²) < 4.78 is 11.5. The number of carbonyl (C=O) groups excluding carboxylic acids is 1. The van der Waals surface area contributed by atoms with E-state index >= 15 is 0 Å². The van der Waals surface area contributed by atoms with Gasteiger partial charge in [-0.05, 0) is 31.2 Å². The summed E-state index contributed by atoms with van der Waals surface area (Å²) in [5.74, 6) is 0.173. The molecule has 1 aromatic heterocycles. The molecule has 1 aromatic carbocycles. The number of carbonyl (C=O) groups is 1. The monoisotopic (exact) mass is 401 g/mol. The maximum Gasteiger partial charge on any atom is 0.316 e. The average molecular weight is 402 g/mol. The average Bonchev–Trinajstić information content (AvgIpc) is 2.76. The topological polar surface area (TPSA) is 64.6 Å². The third-order valence-corrected chi connectivity index (χ3v) is 5.81. The Kier molecular flexibility index (Phi) is 5.78. The molecule has 28 heavy (non-hydrogen) atoms. The predicted octanol–water partition coefficient (Wildman–Crippen LogP) is 3.25. The van der Waals surface area contributed by atoms with E-state index in [2.05, 4.69) is 22.1 Å². The van der Waals surface area contributed by atoms with Crippen LogP contribution in [0.1, 0.15) is 31.2 Å². The summed E-state index contributed by atoms with van der Waals surface area (Å²) in [6.07, 6.45) is 6.09. The number of hydrogen-bond acceptors (Lipinski definition) is 5. The highest BCUT2D eigenvalue weighted by molar-refractivity contribution is 6.30. The summed E-state index contributed by atoms with van der Waals surface area (Å²) in [6, 6.07) is 10.4. The lowest BCUT2D eigenvalue weighted by Gasteiger charge is -2.42. The Morgan fingerprint density at radius 3 is 2.61 bits per heavy atom. The first-order valence-corrected chi connectivity index (χ1v) is 10.1. The number of nitrogens with zero attached hydrogens (tertiary/aromatic N) is 3. The molecule has 0 saturated carbocycles. The number of ether oxygens (including phenoxy) is 2. The van der Waals surface area contributed by atoms with Crippen molar-refractivity contribution in [3.8, 4) is 6.01 Å². The number of rotatable bonds is 4. The van der Waals surface area contributed by atoms with Crippen molar-refractivity contribution in [1.82, 2.24) is 14.9 Å². The fraction of sp³-hybridized carbons (Fsp3) is 0.476. The highest BCUT2D eigenvalue weighted by Gasteiger charge is 2.45. The number of piperidine rings is 1. The quantitative estimate of drug-likeness (QED) is 0.786. The molecule has 0 aliphatic carbocycles. The van der Waals surface area contributed by atoms with Crippen LogP contribution in [0.2, 0.25) is 5.02 Å². The van der Waals surface area contributed by atoms with Crippen molar-refractivity contribution in [2.45, 2.75) is 37.2 Å². The summed E-state index contributed by atoms with van der Waals surface area (Å²) in [7, 11) is 0. The standard InChI is InChI=1S/C21H24ClN3O3/c22-17-13-23-20(24-14-17)28-18-7-4-10-25(15-18)19(26)21(8-11-27-12-9-21)16-5-2-1-3-6-16/h1-3,5-6,13-14,18H,4,7-12,15H2. The van der Waals surface area contributed by atoms with Crippen LogP contribution < -0.4 is 4.74 Å². The van der Waals surface area contributed by atoms with E-state index in [1.807, 2.05) is 23.1 Å². The van der Waals surface area contributed by atoms with Crippen LogP contribution in [-0.2, 0) is 14.9 Å². The van der Waals surface area contributed by atoms with Crippen LogP contribution in [0.3, 0.4) is 0 Å². The van der Waals surface area contributed by atoms with Crippen LogP contribution in [0.15, 0.2) is 42.7 Å². The predicted molar refractivity (Wildman–Crippen MR) is 105 cm³/mol. The van der Waals surface area contributed by atoms with Crippen molar-refractivity contribution < 1.29 is 14.3 Å². The smallest absolute Gasteiger partial charge is 0.316 e. The molecular formula is C21H24ClN3O3. The summed E-state index contributed by atoms with van der Waals surface area (Å²) in [4.78, 5) is 23.8. The van der Waals surface area contributed by atoms with Crippen LogP contribution in [0.5, 0.6) is 6.01 Å². The maximum absolute atomic E-state index is 13.7. The highest BCUT2D eigenvalue weighted by Crippen LogP contribution is 2.37. The lowest BCUT2D eigenvalue weighted by molar-refractivity contribution is -0.144. The second-order valence-corrected chi connectivity index (χ2v) is 7.81. The zero-order valence-corrected chi connectivity index (χ0v) is 16.5. The van der Waals surface area contributed by atoms with Gasteiger partial charge in [0.05, 0.1) is 29.4 Å². The maximum atomic E-state index is 13.7. The lowest BCUT2D eigenvalue weighted by atomic mass is 9.72. The van der Waals surface area contributed by atoms with Crippen LogP contribution >= 0.6 is 11.6 Å². The van der Waals surface area contributed by atoms with Crippen LogP contribution in [0, 0.1) is 0 Å².